The molecular formula is C18H28N2O6. The Kier molecular flexibility index (Phi) is 5.65. The van der Waals surface area contributed by atoms with E-state index in [-0.39, 0.29) is 25.5 Å². The van der Waals surface area contributed by atoms with Gasteiger partial charge in [-0.1, -0.05) is 6.08 Å². The molecule has 0 spiro atoms. The van der Waals surface area contributed by atoms with Gasteiger partial charge in [-0.2, -0.15) is 0 Å². The predicted molar refractivity (Wildman–Crippen MR) is 93.2 cm³/mol. The van der Waals surface area contributed by atoms with Gasteiger partial charge in [0.15, 0.2) is 0 Å². The fraction of sp³-hybridized carbons (Fsp3) is 0.722. The Morgan fingerprint density at radius 3 is 2.54 bits per heavy atom. The van der Waals surface area contributed by atoms with Crippen molar-refractivity contribution < 1.29 is 29.0 Å². The summed E-state index contributed by atoms with van der Waals surface area (Å²) in [5, 5.41) is 12.7. The summed E-state index contributed by atoms with van der Waals surface area (Å²) >= 11 is 0. The molecule has 2 rings (SSSR count). The van der Waals surface area contributed by atoms with Crippen molar-refractivity contribution in [3.8, 4) is 0 Å². The molecule has 8 nitrogen and oxygen atoms in total. The van der Waals surface area contributed by atoms with Gasteiger partial charge >= 0.3 is 12.1 Å². The van der Waals surface area contributed by atoms with E-state index in [4.69, 9.17) is 9.47 Å². The van der Waals surface area contributed by atoms with Gasteiger partial charge in [0.25, 0.3) is 0 Å². The minimum absolute atomic E-state index is 0.00426. The maximum Gasteiger partial charge on any atom is 0.411 e. The van der Waals surface area contributed by atoms with E-state index in [1.807, 2.05) is 0 Å². The van der Waals surface area contributed by atoms with E-state index >= 15 is 0 Å². The Morgan fingerprint density at radius 2 is 2.04 bits per heavy atom. The lowest BCUT2D eigenvalue weighted by Gasteiger charge is -2.29. The molecule has 0 aromatic rings. The summed E-state index contributed by atoms with van der Waals surface area (Å²) in [5.74, 6) is -1.24. The quantitative estimate of drug-likeness (QED) is 0.554. The maximum absolute atomic E-state index is 12.8. The highest BCUT2D eigenvalue weighted by Gasteiger charge is 2.62. The number of esters is 1. The standard InChI is InChI=1S/C18H28N2O6/c1-6-11-9-18(11,15(23)25-7-2)19-14(22)13-8-12(21)10-20(13)16(24)26-17(3,4)5/h6,11-13,21H,1,7-10H2,2-5H3,(H,19,22)/t11?,12?,13-,18?/m0/s1. The lowest BCUT2D eigenvalue weighted by Crippen LogP contribution is -2.53. The van der Waals surface area contributed by atoms with Gasteiger partial charge in [-0.25, -0.2) is 9.59 Å². The summed E-state index contributed by atoms with van der Waals surface area (Å²) in [6.45, 7) is 10.7. The second-order valence-corrected chi connectivity index (χ2v) is 7.77. The van der Waals surface area contributed by atoms with Crippen molar-refractivity contribution in [3.05, 3.63) is 12.7 Å². The SMILES string of the molecule is C=CC1CC1(NC(=O)[C@@H]1CC(O)CN1C(=O)OC(C)(C)C)C(=O)OCC. The lowest BCUT2D eigenvalue weighted by atomic mass is 10.1. The van der Waals surface area contributed by atoms with Crippen LogP contribution < -0.4 is 5.32 Å². The number of hydrogen-bond acceptors (Lipinski definition) is 6. The van der Waals surface area contributed by atoms with E-state index in [9.17, 15) is 19.5 Å². The molecule has 1 saturated heterocycles. The van der Waals surface area contributed by atoms with Gasteiger partial charge in [0.05, 0.1) is 19.3 Å². The highest BCUT2D eigenvalue weighted by molar-refractivity contribution is 5.95. The van der Waals surface area contributed by atoms with E-state index in [2.05, 4.69) is 11.9 Å². The van der Waals surface area contributed by atoms with E-state index in [1.165, 1.54) is 4.90 Å². The van der Waals surface area contributed by atoms with Crippen molar-refractivity contribution in [2.45, 2.75) is 63.8 Å². The van der Waals surface area contributed by atoms with Crippen molar-refractivity contribution in [2.24, 2.45) is 5.92 Å². The smallest absolute Gasteiger partial charge is 0.411 e. The van der Waals surface area contributed by atoms with Crippen LogP contribution in [-0.2, 0) is 19.1 Å². The molecule has 26 heavy (non-hydrogen) atoms. The number of rotatable bonds is 5. The second kappa shape index (κ2) is 7.26. The Hall–Kier alpha value is -2.09. The molecule has 3 unspecified atom stereocenters. The first-order chi connectivity index (χ1) is 12.0. The zero-order chi connectivity index (χ0) is 19.7. The summed E-state index contributed by atoms with van der Waals surface area (Å²) in [4.78, 5) is 38.6. The van der Waals surface area contributed by atoms with Crippen LogP contribution in [-0.4, -0.2) is 64.4 Å². The van der Waals surface area contributed by atoms with Crippen molar-refractivity contribution in [3.63, 3.8) is 0 Å². The highest BCUT2D eigenvalue weighted by Crippen LogP contribution is 2.45. The molecule has 2 amide bonds. The number of carbonyl (C=O) groups is 3. The average molecular weight is 368 g/mol. The maximum atomic E-state index is 12.8. The van der Waals surface area contributed by atoms with Crippen molar-refractivity contribution in [1.29, 1.82) is 0 Å². The summed E-state index contributed by atoms with van der Waals surface area (Å²) in [6, 6.07) is -0.905. The van der Waals surface area contributed by atoms with E-state index in [0.29, 0.717) is 6.42 Å². The van der Waals surface area contributed by atoms with Crippen LogP contribution in [0.25, 0.3) is 0 Å². The number of ether oxygens (including phenoxy) is 2. The van der Waals surface area contributed by atoms with E-state index in [1.54, 1.807) is 33.8 Å². The third-order valence-corrected chi connectivity index (χ3v) is 4.49. The van der Waals surface area contributed by atoms with Crippen molar-refractivity contribution in [2.75, 3.05) is 13.2 Å². The molecule has 2 fully saturated rings. The van der Waals surface area contributed by atoms with Gasteiger partial charge in [0.1, 0.15) is 17.2 Å². The van der Waals surface area contributed by atoms with Crippen molar-refractivity contribution in [1.82, 2.24) is 10.2 Å². The van der Waals surface area contributed by atoms with E-state index in [0.717, 1.165) is 0 Å². The fourth-order valence-electron chi connectivity index (χ4n) is 3.15. The zero-order valence-electron chi connectivity index (χ0n) is 15.8. The number of hydrogen-bond donors (Lipinski definition) is 2. The van der Waals surface area contributed by atoms with Gasteiger partial charge in [0, 0.05) is 12.3 Å². The fourth-order valence-corrected chi connectivity index (χ4v) is 3.15. The first kappa shape index (κ1) is 20.2. The number of aliphatic hydroxyl groups is 1. The molecule has 0 aromatic heterocycles. The minimum Gasteiger partial charge on any atom is -0.464 e. The Balaban J connectivity index is 2.12. The molecule has 2 aliphatic rings. The summed E-state index contributed by atoms with van der Waals surface area (Å²) in [7, 11) is 0. The summed E-state index contributed by atoms with van der Waals surface area (Å²) < 4.78 is 10.4. The largest absolute Gasteiger partial charge is 0.464 e. The molecule has 8 heteroatoms. The topological polar surface area (TPSA) is 105 Å². The van der Waals surface area contributed by atoms with Crippen molar-refractivity contribution >= 4 is 18.0 Å². The van der Waals surface area contributed by atoms with Crippen LogP contribution in [0.15, 0.2) is 12.7 Å². The monoisotopic (exact) mass is 368 g/mol. The molecule has 1 aliphatic carbocycles. The number of nitrogens with one attached hydrogen (secondary N) is 1. The van der Waals surface area contributed by atoms with Crippen LogP contribution in [0.2, 0.25) is 0 Å². The van der Waals surface area contributed by atoms with Gasteiger partial charge < -0.3 is 19.9 Å². The molecule has 0 radical (unpaired) electrons. The summed E-state index contributed by atoms with van der Waals surface area (Å²) in [5.41, 5.74) is -1.86. The Bertz CT molecular complexity index is 599. The molecule has 4 atom stereocenters. The highest BCUT2D eigenvalue weighted by atomic mass is 16.6. The first-order valence-corrected chi connectivity index (χ1v) is 8.83. The molecule has 1 aliphatic heterocycles. The van der Waals surface area contributed by atoms with Crippen LogP contribution in [0.3, 0.4) is 0 Å². The third-order valence-electron chi connectivity index (χ3n) is 4.49. The van der Waals surface area contributed by atoms with Crippen LogP contribution in [0.5, 0.6) is 0 Å². The summed E-state index contributed by atoms with van der Waals surface area (Å²) in [6.07, 6.45) is 0.597. The van der Waals surface area contributed by atoms with Crippen LogP contribution in [0.1, 0.15) is 40.5 Å². The number of amides is 2. The molecule has 1 saturated carbocycles. The normalized spacial score (nSPS) is 30.5. The average Bonchev–Trinajstić information content (AvgIpc) is 3.09. The molecule has 2 N–H and O–H groups in total. The number of nitrogens with zero attached hydrogens (tertiary/aromatic N) is 1. The zero-order valence-corrected chi connectivity index (χ0v) is 15.8. The number of aliphatic hydroxyl groups excluding tert-OH is 1. The second-order valence-electron chi connectivity index (χ2n) is 7.77. The van der Waals surface area contributed by atoms with Crippen LogP contribution in [0, 0.1) is 5.92 Å². The molecule has 146 valence electrons. The lowest BCUT2D eigenvalue weighted by molar-refractivity contribution is -0.149. The number of likely N-dealkylation sites (tertiary alicyclic amines) is 1. The number of β-amino-alcohol motifs (C(OH)–C–C–N with tert-alkyl or cyclic N) is 1. The van der Waals surface area contributed by atoms with E-state index < -0.39 is 41.3 Å². The van der Waals surface area contributed by atoms with Gasteiger partial charge in [-0.05, 0) is 34.1 Å². The molecule has 0 bridgehead atoms. The molecule has 0 aromatic carbocycles. The van der Waals surface area contributed by atoms with Crippen LogP contribution in [0.4, 0.5) is 4.79 Å². The molecule has 1 heterocycles. The van der Waals surface area contributed by atoms with Gasteiger partial charge in [0.2, 0.25) is 5.91 Å². The predicted octanol–water partition coefficient (Wildman–Crippen LogP) is 0.981. The van der Waals surface area contributed by atoms with Gasteiger partial charge in [-0.3, -0.25) is 9.69 Å². The Labute approximate surface area is 153 Å². The van der Waals surface area contributed by atoms with Gasteiger partial charge in [-0.15, -0.1) is 6.58 Å². The third kappa shape index (κ3) is 4.17. The first-order valence-electron chi connectivity index (χ1n) is 8.83. The molecular weight excluding hydrogens is 340 g/mol. The Morgan fingerprint density at radius 1 is 1.38 bits per heavy atom. The minimum atomic E-state index is -1.14. The van der Waals surface area contributed by atoms with Crippen LogP contribution >= 0.6 is 0 Å². The number of carbonyl (C=O) groups excluding carboxylic acids is 3.